The molecule has 3 heteroatoms. The highest BCUT2D eigenvalue weighted by atomic mass is 28.3. The molecule has 0 unspecified atom stereocenters. The van der Waals surface area contributed by atoms with Crippen molar-refractivity contribution in [3.05, 3.63) is 0 Å². The van der Waals surface area contributed by atoms with Crippen LogP contribution < -0.4 is 0 Å². The third-order valence-corrected chi connectivity index (χ3v) is 5.27. The highest BCUT2D eigenvalue weighted by Crippen LogP contribution is 2.30. The molecule has 96 valence electrons. The normalized spacial score (nSPS) is 28.7. The molecule has 1 aliphatic heterocycles. The van der Waals surface area contributed by atoms with Gasteiger partial charge in [-0.3, -0.25) is 4.90 Å². The Morgan fingerprint density at radius 1 is 1.25 bits per heavy atom. The number of likely N-dealkylation sites (tertiary alicyclic amines) is 1. The molecule has 0 aromatic rings. The smallest absolute Gasteiger partial charge is 0.0682 e. The van der Waals surface area contributed by atoms with Gasteiger partial charge in [0.25, 0.3) is 0 Å². The fraction of sp³-hybridized carbons (Fsp3) is 1.00. The maximum absolute atomic E-state index is 9.83. The maximum Gasteiger partial charge on any atom is 0.0682 e. The molecule has 0 bridgehead atoms. The minimum absolute atomic E-state index is 0.106. The SMILES string of the molecule is CC(C)(C)N1C[C@@H](O)C[C@H]1CC[Si](C)(C)C. The van der Waals surface area contributed by atoms with Crippen LogP contribution in [0.15, 0.2) is 0 Å². The van der Waals surface area contributed by atoms with Crippen LogP contribution in [0.5, 0.6) is 0 Å². The van der Waals surface area contributed by atoms with E-state index in [0.717, 1.165) is 13.0 Å². The van der Waals surface area contributed by atoms with E-state index < -0.39 is 8.07 Å². The van der Waals surface area contributed by atoms with Crippen molar-refractivity contribution in [1.82, 2.24) is 4.90 Å². The first-order chi connectivity index (χ1) is 7.09. The Morgan fingerprint density at radius 3 is 2.25 bits per heavy atom. The molecule has 1 heterocycles. The zero-order valence-corrected chi connectivity index (χ0v) is 12.9. The van der Waals surface area contributed by atoms with E-state index in [0.29, 0.717) is 6.04 Å². The second-order valence-corrected chi connectivity index (χ2v) is 13.1. The van der Waals surface area contributed by atoms with Crippen LogP contribution >= 0.6 is 0 Å². The fourth-order valence-corrected chi connectivity index (χ4v) is 3.79. The van der Waals surface area contributed by atoms with E-state index in [1.54, 1.807) is 0 Å². The topological polar surface area (TPSA) is 23.5 Å². The molecular formula is C13H29NOSi. The van der Waals surface area contributed by atoms with E-state index in [-0.39, 0.29) is 11.6 Å². The molecule has 2 atom stereocenters. The molecular weight excluding hydrogens is 214 g/mol. The number of nitrogens with zero attached hydrogens (tertiary/aromatic N) is 1. The molecule has 0 aromatic carbocycles. The third-order valence-electron chi connectivity index (χ3n) is 3.48. The van der Waals surface area contributed by atoms with Gasteiger partial charge in [-0.15, -0.1) is 0 Å². The van der Waals surface area contributed by atoms with Gasteiger partial charge in [0.2, 0.25) is 0 Å². The molecule has 0 amide bonds. The van der Waals surface area contributed by atoms with Crippen LogP contribution in [0.4, 0.5) is 0 Å². The molecule has 0 aromatic heterocycles. The van der Waals surface area contributed by atoms with Gasteiger partial charge >= 0.3 is 0 Å². The summed E-state index contributed by atoms with van der Waals surface area (Å²) >= 11 is 0. The third kappa shape index (κ3) is 4.19. The fourth-order valence-electron chi connectivity index (χ4n) is 2.59. The Bertz CT molecular complexity index is 229. The Kier molecular flexibility index (Phi) is 4.25. The van der Waals surface area contributed by atoms with Crippen LogP contribution in [-0.4, -0.2) is 42.3 Å². The van der Waals surface area contributed by atoms with Crippen LogP contribution in [0, 0.1) is 0 Å². The number of hydrogen-bond acceptors (Lipinski definition) is 2. The first-order valence-corrected chi connectivity index (χ1v) is 10.2. The highest BCUT2D eigenvalue weighted by molar-refractivity contribution is 6.76. The Labute approximate surface area is 102 Å². The number of aliphatic hydroxyl groups excluding tert-OH is 1. The molecule has 1 rings (SSSR count). The molecule has 16 heavy (non-hydrogen) atoms. The zero-order valence-electron chi connectivity index (χ0n) is 11.9. The maximum atomic E-state index is 9.83. The summed E-state index contributed by atoms with van der Waals surface area (Å²) < 4.78 is 0. The van der Waals surface area contributed by atoms with E-state index in [9.17, 15) is 5.11 Å². The van der Waals surface area contributed by atoms with Crippen LogP contribution in [-0.2, 0) is 0 Å². The highest BCUT2D eigenvalue weighted by Gasteiger charge is 2.37. The second kappa shape index (κ2) is 4.79. The lowest BCUT2D eigenvalue weighted by Gasteiger charge is -2.37. The summed E-state index contributed by atoms with van der Waals surface area (Å²) in [4.78, 5) is 2.50. The van der Waals surface area contributed by atoms with Crippen LogP contribution in [0.3, 0.4) is 0 Å². The van der Waals surface area contributed by atoms with E-state index in [4.69, 9.17) is 0 Å². The summed E-state index contributed by atoms with van der Waals surface area (Å²) in [7, 11) is -0.944. The van der Waals surface area contributed by atoms with Crippen molar-refractivity contribution in [3.63, 3.8) is 0 Å². The molecule has 0 radical (unpaired) electrons. The molecule has 0 saturated carbocycles. The first kappa shape index (κ1) is 14.2. The number of hydrogen-bond donors (Lipinski definition) is 1. The van der Waals surface area contributed by atoms with Crippen molar-refractivity contribution in [1.29, 1.82) is 0 Å². The summed E-state index contributed by atoms with van der Waals surface area (Å²) in [6.07, 6.45) is 2.14. The van der Waals surface area contributed by atoms with Crippen molar-refractivity contribution < 1.29 is 5.11 Å². The lowest BCUT2D eigenvalue weighted by molar-refractivity contribution is 0.102. The lowest BCUT2D eigenvalue weighted by atomic mass is 10.0. The molecule has 1 N–H and O–H groups in total. The van der Waals surface area contributed by atoms with Gasteiger partial charge in [0, 0.05) is 26.2 Å². The summed E-state index contributed by atoms with van der Waals surface area (Å²) in [6, 6.07) is 1.97. The van der Waals surface area contributed by atoms with Crippen LogP contribution in [0.1, 0.15) is 33.6 Å². The van der Waals surface area contributed by atoms with Gasteiger partial charge in [-0.25, -0.2) is 0 Å². The summed E-state index contributed by atoms with van der Waals surface area (Å²) in [6.45, 7) is 14.9. The van der Waals surface area contributed by atoms with Crippen molar-refractivity contribution >= 4 is 8.07 Å². The van der Waals surface area contributed by atoms with Gasteiger partial charge in [-0.05, 0) is 33.6 Å². The predicted molar refractivity (Wildman–Crippen MR) is 73.6 cm³/mol. The Morgan fingerprint density at radius 2 is 1.81 bits per heavy atom. The van der Waals surface area contributed by atoms with Crippen molar-refractivity contribution in [2.45, 2.75) is 77.0 Å². The zero-order chi connectivity index (χ0) is 12.6. The first-order valence-electron chi connectivity index (χ1n) is 6.54. The van der Waals surface area contributed by atoms with E-state index in [1.807, 2.05) is 0 Å². The molecule has 1 fully saturated rings. The van der Waals surface area contributed by atoms with Gasteiger partial charge in [0.15, 0.2) is 0 Å². The Hall–Kier alpha value is 0.137. The van der Waals surface area contributed by atoms with E-state index >= 15 is 0 Å². The predicted octanol–water partition coefficient (Wildman–Crippen LogP) is 2.95. The average Bonchev–Trinajstić information content (AvgIpc) is 2.41. The molecule has 0 aliphatic carbocycles. The quantitative estimate of drug-likeness (QED) is 0.770. The molecule has 2 nitrogen and oxygen atoms in total. The summed E-state index contributed by atoms with van der Waals surface area (Å²) in [5.74, 6) is 0. The monoisotopic (exact) mass is 243 g/mol. The van der Waals surface area contributed by atoms with Crippen LogP contribution in [0.2, 0.25) is 25.7 Å². The summed E-state index contributed by atoms with van der Waals surface area (Å²) in [5, 5.41) is 9.83. The second-order valence-electron chi connectivity index (χ2n) is 7.47. The van der Waals surface area contributed by atoms with Gasteiger partial charge in [0.05, 0.1) is 6.10 Å². The molecule has 1 aliphatic rings. The molecule has 0 spiro atoms. The van der Waals surface area contributed by atoms with E-state index in [1.165, 1.54) is 12.5 Å². The minimum Gasteiger partial charge on any atom is -0.392 e. The summed E-state index contributed by atoms with van der Waals surface area (Å²) in [5.41, 5.74) is 0.196. The minimum atomic E-state index is -0.944. The van der Waals surface area contributed by atoms with E-state index in [2.05, 4.69) is 45.3 Å². The standard InChI is InChI=1S/C13H29NOSi/c1-13(2,3)14-10-12(15)9-11(14)7-8-16(4,5)6/h11-12,15H,7-10H2,1-6H3/t11-,12+/m1/s1. The van der Waals surface area contributed by atoms with Gasteiger partial charge < -0.3 is 5.11 Å². The van der Waals surface area contributed by atoms with Crippen molar-refractivity contribution in [2.24, 2.45) is 0 Å². The number of β-amino-alcohol motifs (C(OH)–C–C–N with tert-alkyl or cyclic N) is 1. The largest absolute Gasteiger partial charge is 0.392 e. The van der Waals surface area contributed by atoms with Gasteiger partial charge in [0.1, 0.15) is 0 Å². The number of aliphatic hydroxyl groups is 1. The Balaban J connectivity index is 2.57. The van der Waals surface area contributed by atoms with Crippen molar-refractivity contribution in [2.75, 3.05) is 6.54 Å². The van der Waals surface area contributed by atoms with Gasteiger partial charge in [-0.1, -0.05) is 25.7 Å². The van der Waals surface area contributed by atoms with Crippen LogP contribution in [0.25, 0.3) is 0 Å². The van der Waals surface area contributed by atoms with Gasteiger partial charge in [-0.2, -0.15) is 0 Å². The van der Waals surface area contributed by atoms with Crippen molar-refractivity contribution in [3.8, 4) is 0 Å². The average molecular weight is 243 g/mol. The molecule has 1 saturated heterocycles. The lowest BCUT2D eigenvalue weighted by Crippen LogP contribution is -2.45. The number of rotatable bonds is 3.